The molecule has 4 aromatic rings. The molecule has 36 heavy (non-hydrogen) atoms. The Labute approximate surface area is 208 Å². The van der Waals surface area contributed by atoms with Crippen molar-refractivity contribution in [1.82, 2.24) is 9.97 Å². The van der Waals surface area contributed by atoms with E-state index in [-0.39, 0.29) is 11.3 Å². The summed E-state index contributed by atoms with van der Waals surface area (Å²) in [4.78, 5) is 31.4. The van der Waals surface area contributed by atoms with Gasteiger partial charge in [-0.3, -0.25) is 9.78 Å². The van der Waals surface area contributed by atoms with E-state index < -0.39 is 28.4 Å². The standard InChI is InChI=1S/C25H21FN5O4S/c1-15-3-8-20(26)21(11-15)30-25(33)29-17-4-6-18(7-5-17)35-19-9-10-27-23(13-19)22-12-16(14-28-22)24(32)31-36(2)34/h3-14,28H,1-2H3,(H2,29,30,33)/q-1. The van der Waals surface area contributed by atoms with Gasteiger partial charge in [-0.05, 0) is 61.0 Å². The molecule has 2 aromatic carbocycles. The second kappa shape index (κ2) is 10.8. The van der Waals surface area contributed by atoms with Gasteiger partial charge in [0.25, 0.3) is 5.91 Å². The van der Waals surface area contributed by atoms with E-state index in [2.05, 4.69) is 25.0 Å². The number of rotatable bonds is 6. The molecule has 0 unspecified atom stereocenters. The zero-order valence-corrected chi connectivity index (χ0v) is 20.1. The van der Waals surface area contributed by atoms with Crippen LogP contribution in [0.15, 0.2) is 77.4 Å². The van der Waals surface area contributed by atoms with Gasteiger partial charge in [0.05, 0.1) is 22.6 Å². The third-order valence-corrected chi connectivity index (χ3v) is 5.29. The number of aryl methyl sites for hydroxylation is 1. The lowest BCUT2D eigenvalue weighted by molar-refractivity contribution is 0.101. The molecular formula is C25H21FN5O4S-. The summed E-state index contributed by atoms with van der Waals surface area (Å²) in [7, 11) is -1.59. The van der Waals surface area contributed by atoms with Crippen molar-refractivity contribution in [2.75, 3.05) is 16.9 Å². The number of urea groups is 1. The van der Waals surface area contributed by atoms with E-state index in [0.717, 1.165) is 5.56 Å². The van der Waals surface area contributed by atoms with Crippen LogP contribution in [0.1, 0.15) is 15.9 Å². The number of nitrogens with one attached hydrogen (secondary N) is 3. The summed E-state index contributed by atoms with van der Waals surface area (Å²) in [6.07, 6.45) is 4.35. The molecule has 11 heteroatoms. The van der Waals surface area contributed by atoms with Crippen LogP contribution in [-0.4, -0.2) is 28.2 Å². The van der Waals surface area contributed by atoms with Gasteiger partial charge in [-0.15, -0.1) is 6.26 Å². The van der Waals surface area contributed by atoms with Gasteiger partial charge in [0.15, 0.2) is 0 Å². The monoisotopic (exact) mass is 506 g/mol. The Kier molecular flexibility index (Phi) is 7.40. The number of carbonyl (C=O) groups is 2. The Bertz CT molecular complexity index is 1510. The number of amides is 3. The summed E-state index contributed by atoms with van der Waals surface area (Å²) in [5.41, 5.74) is 2.77. The Morgan fingerprint density at radius 2 is 1.81 bits per heavy atom. The van der Waals surface area contributed by atoms with Gasteiger partial charge in [-0.2, -0.15) is 10.6 Å². The third kappa shape index (κ3) is 6.33. The van der Waals surface area contributed by atoms with Crippen LogP contribution < -0.4 is 15.4 Å². The summed E-state index contributed by atoms with van der Waals surface area (Å²) < 4.78 is 34.4. The van der Waals surface area contributed by atoms with Crippen LogP contribution in [0.5, 0.6) is 11.5 Å². The van der Waals surface area contributed by atoms with Gasteiger partial charge >= 0.3 is 6.03 Å². The summed E-state index contributed by atoms with van der Waals surface area (Å²) in [5.74, 6) is -0.104. The highest BCUT2D eigenvalue weighted by molar-refractivity contribution is 7.74. The van der Waals surface area contributed by atoms with Crippen molar-refractivity contribution in [3.63, 3.8) is 0 Å². The van der Waals surface area contributed by atoms with Gasteiger partial charge in [0.1, 0.15) is 17.3 Å². The molecule has 0 aliphatic carbocycles. The van der Waals surface area contributed by atoms with Crippen molar-refractivity contribution >= 4 is 33.9 Å². The van der Waals surface area contributed by atoms with Crippen LogP contribution in [0.4, 0.5) is 20.6 Å². The van der Waals surface area contributed by atoms with E-state index in [1.54, 1.807) is 67.7 Å². The van der Waals surface area contributed by atoms with Crippen molar-refractivity contribution in [2.24, 2.45) is 4.36 Å². The summed E-state index contributed by atoms with van der Waals surface area (Å²) >= 11 is 0. The van der Waals surface area contributed by atoms with Crippen LogP contribution in [0.25, 0.3) is 11.4 Å². The second-order valence-electron chi connectivity index (χ2n) is 7.69. The lowest BCUT2D eigenvalue weighted by atomic mass is 10.2. The first-order valence-corrected chi connectivity index (χ1v) is 12.1. The number of ether oxygens (including phenoxy) is 1. The first kappa shape index (κ1) is 24.6. The number of benzene rings is 2. The molecule has 184 valence electrons. The number of pyridine rings is 1. The predicted molar refractivity (Wildman–Crippen MR) is 135 cm³/mol. The number of aromatic amines is 1. The highest BCUT2D eigenvalue weighted by Gasteiger charge is 2.10. The molecule has 3 amide bonds. The molecule has 3 N–H and O–H groups in total. The normalized spacial score (nSPS) is 11.6. The topological polar surface area (TPSA) is 126 Å². The van der Waals surface area contributed by atoms with E-state index in [9.17, 15) is 18.2 Å². The number of nitrogens with zero attached hydrogens (tertiary/aromatic N) is 2. The van der Waals surface area contributed by atoms with Crippen LogP contribution in [0.2, 0.25) is 0 Å². The number of aromatic nitrogens is 2. The summed E-state index contributed by atoms with van der Waals surface area (Å²) in [6, 6.07) is 15.4. The Balaban J connectivity index is 1.40. The average Bonchev–Trinajstić information content (AvgIpc) is 3.33. The number of hydrogen-bond acceptors (Lipinski definition) is 6. The molecule has 0 fully saturated rings. The van der Waals surface area contributed by atoms with Crippen LogP contribution in [0.3, 0.4) is 0 Å². The van der Waals surface area contributed by atoms with E-state index >= 15 is 0 Å². The predicted octanol–water partition coefficient (Wildman–Crippen LogP) is 5.88. The molecule has 2 heterocycles. The first-order chi connectivity index (χ1) is 17.3. The van der Waals surface area contributed by atoms with E-state index in [0.29, 0.717) is 28.6 Å². The van der Waals surface area contributed by atoms with Gasteiger partial charge < -0.3 is 28.9 Å². The smallest absolute Gasteiger partial charge is 0.323 e. The zero-order valence-electron chi connectivity index (χ0n) is 19.2. The maximum atomic E-state index is 13.9. The van der Waals surface area contributed by atoms with Crippen LogP contribution >= 0.6 is 0 Å². The fourth-order valence-corrected chi connectivity index (χ4v) is 3.56. The fraction of sp³-hybridized carbons (Fsp3) is 0.0800. The van der Waals surface area contributed by atoms with E-state index in [4.69, 9.17) is 4.74 Å². The molecule has 0 aliphatic heterocycles. The molecule has 0 saturated carbocycles. The minimum atomic E-state index is -1.59. The number of carbonyl (C=O) groups excluding carboxylic acids is 2. The van der Waals surface area contributed by atoms with Crippen molar-refractivity contribution < 1.29 is 22.9 Å². The minimum Gasteiger partial charge on any atom is -0.457 e. The first-order valence-electron chi connectivity index (χ1n) is 10.6. The number of anilines is 2. The Morgan fingerprint density at radius 3 is 2.56 bits per heavy atom. The Hall–Kier alpha value is -4.51. The minimum absolute atomic E-state index is 0.0919. The molecule has 0 aliphatic rings. The molecule has 0 atom stereocenters. The quantitative estimate of drug-likeness (QED) is 0.282. The number of halogens is 1. The number of hydrogen-bond donors (Lipinski definition) is 3. The third-order valence-electron chi connectivity index (χ3n) is 4.87. The van der Waals surface area contributed by atoms with Crippen molar-refractivity contribution in [3.8, 4) is 22.9 Å². The van der Waals surface area contributed by atoms with Crippen LogP contribution in [0, 0.1) is 12.7 Å². The summed E-state index contributed by atoms with van der Waals surface area (Å²) in [6.45, 7) is 1.80. The van der Waals surface area contributed by atoms with Gasteiger partial charge in [-0.25, -0.2) is 9.18 Å². The fourth-order valence-electron chi connectivity index (χ4n) is 3.22. The molecular weight excluding hydrogens is 485 g/mol. The molecule has 0 saturated heterocycles. The highest BCUT2D eigenvalue weighted by Crippen LogP contribution is 2.27. The highest BCUT2D eigenvalue weighted by atomic mass is 32.2. The van der Waals surface area contributed by atoms with E-state index in [1.165, 1.54) is 18.5 Å². The molecule has 9 nitrogen and oxygen atoms in total. The maximum Gasteiger partial charge on any atom is 0.323 e. The molecule has 0 radical (unpaired) electrons. The molecule has 0 spiro atoms. The maximum absolute atomic E-state index is 13.9. The van der Waals surface area contributed by atoms with Gasteiger partial charge in [0.2, 0.25) is 0 Å². The van der Waals surface area contributed by atoms with Gasteiger partial charge in [-0.1, -0.05) is 6.07 Å². The number of H-pyrrole nitrogens is 1. The zero-order chi connectivity index (χ0) is 25.7. The Morgan fingerprint density at radius 1 is 1.03 bits per heavy atom. The lowest BCUT2D eigenvalue weighted by Crippen LogP contribution is -2.20. The molecule has 4 rings (SSSR count). The van der Waals surface area contributed by atoms with E-state index in [1.807, 2.05) is 0 Å². The van der Waals surface area contributed by atoms with Crippen molar-refractivity contribution in [3.05, 3.63) is 90.0 Å². The largest absolute Gasteiger partial charge is 0.457 e. The molecule has 0 bridgehead atoms. The van der Waals surface area contributed by atoms with Gasteiger partial charge in [0, 0.05) is 24.1 Å². The average molecular weight is 507 g/mol. The van der Waals surface area contributed by atoms with Crippen molar-refractivity contribution in [1.29, 1.82) is 0 Å². The SMILES string of the molecule is Cc1ccc(F)c(NC(=O)Nc2ccc(Oc3ccnc(-c4cc(C(=O)N=[S-](C)=O)c[nH]4)c3)cc2)c1. The lowest BCUT2D eigenvalue weighted by Gasteiger charge is -2.10. The summed E-state index contributed by atoms with van der Waals surface area (Å²) in [5, 5.41) is 5.13. The van der Waals surface area contributed by atoms with Crippen molar-refractivity contribution in [2.45, 2.75) is 6.92 Å². The molecule has 2 aromatic heterocycles. The second-order valence-corrected chi connectivity index (χ2v) is 8.72. The van der Waals surface area contributed by atoms with Crippen LogP contribution in [-0.2, 0) is 14.8 Å².